The Morgan fingerprint density at radius 2 is 1.94 bits per heavy atom. The van der Waals surface area contributed by atoms with E-state index in [9.17, 15) is 4.39 Å². The summed E-state index contributed by atoms with van der Waals surface area (Å²) in [5.41, 5.74) is 2.45. The van der Waals surface area contributed by atoms with Gasteiger partial charge in [0.1, 0.15) is 17.8 Å². The van der Waals surface area contributed by atoms with E-state index < -0.39 is 0 Å². The SMILES string of the molecule is CCNC(=NCc1cccnc1Oc1cccc(F)c1)NCc1coc(-c2ccccc2)n1. The number of oxazole rings is 1. The third-order valence-corrected chi connectivity index (χ3v) is 4.62. The van der Waals surface area contributed by atoms with Crippen LogP contribution in [0, 0.1) is 5.82 Å². The quantitative estimate of drug-likeness (QED) is 0.296. The van der Waals surface area contributed by atoms with Crippen LogP contribution in [0.25, 0.3) is 11.5 Å². The Bertz CT molecular complexity index is 1210. The van der Waals surface area contributed by atoms with Crippen LogP contribution in [0.4, 0.5) is 4.39 Å². The third-order valence-electron chi connectivity index (χ3n) is 4.62. The number of ether oxygens (including phenoxy) is 1. The van der Waals surface area contributed by atoms with Crippen LogP contribution in [0.15, 0.2) is 88.6 Å². The van der Waals surface area contributed by atoms with Crippen LogP contribution in [0.3, 0.4) is 0 Å². The van der Waals surface area contributed by atoms with Crippen molar-refractivity contribution in [2.75, 3.05) is 6.54 Å². The van der Waals surface area contributed by atoms with Gasteiger partial charge in [-0.2, -0.15) is 0 Å². The van der Waals surface area contributed by atoms with E-state index in [1.54, 1.807) is 24.6 Å². The van der Waals surface area contributed by atoms with Crippen LogP contribution in [-0.2, 0) is 13.1 Å². The Balaban J connectivity index is 1.42. The second kappa shape index (κ2) is 10.9. The number of aromatic nitrogens is 2. The summed E-state index contributed by atoms with van der Waals surface area (Å²) >= 11 is 0. The molecule has 0 fully saturated rings. The Morgan fingerprint density at radius 1 is 1.06 bits per heavy atom. The summed E-state index contributed by atoms with van der Waals surface area (Å²) in [5.74, 6) is 1.58. The summed E-state index contributed by atoms with van der Waals surface area (Å²) < 4.78 is 24.8. The number of aliphatic imine (C=N–C) groups is 1. The fourth-order valence-corrected chi connectivity index (χ4v) is 3.06. The molecule has 0 aliphatic heterocycles. The van der Waals surface area contributed by atoms with Gasteiger partial charge in [0, 0.05) is 29.9 Å². The van der Waals surface area contributed by atoms with E-state index in [4.69, 9.17) is 9.15 Å². The smallest absolute Gasteiger partial charge is 0.226 e. The van der Waals surface area contributed by atoms with Gasteiger partial charge in [-0.3, -0.25) is 0 Å². The summed E-state index contributed by atoms with van der Waals surface area (Å²) in [5, 5.41) is 6.46. The average molecular weight is 445 g/mol. The summed E-state index contributed by atoms with van der Waals surface area (Å²) in [7, 11) is 0. The van der Waals surface area contributed by atoms with E-state index in [0.29, 0.717) is 43.1 Å². The molecule has 0 aliphatic carbocycles. The first kappa shape index (κ1) is 22.0. The van der Waals surface area contributed by atoms with E-state index in [-0.39, 0.29) is 5.82 Å². The molecule has 33 heavy (non-hydrogen) atoms. The lowest BCUT2D eigenvalue weighted by Crippen LogP contribution is -2.36. The summed E-state index contributed by atoms with van der Waals surface area (Å²) in [6.45, 7) is 3.45. The van der Waals surface area contributed by atoms with Gasteiger partial charge in [-0.1, -0.05) is 30.3 Å². The highest BCUT2D eigenvalue weighted by Crippen LogP contribution is 2.24. The number of hydrogen-bond donors (Lipinski definition) is 2. The van der Waals surface area contributed by atoms with Gasteiger partial charge >= 0.3 is 0 Å². The first-order valence-corrected chi connectivity index (χ1v) is 10.6. The molecule has 8 heteroatoms. The maximum Gasteiger partial charge on any atom is 0.226 e. The van der Waals surface area contributed by atoms with Gasteiger partial charge in [0.05, 0.1) is 18.8 Å². The number of rotatable bonds is 8. The van der Waals surface area contributed by atoms with E-state index in [1.807, 2.05) is 49.4 Å². The van der Waals surface area contributed by atoms with E-state index in [0.717, 1.165) is 16.8 Å². The summed E-state index contributed by atoms with van der Waals surface area (Å²) in [6, 6.07) is 19.4. The number of benzene rings is 2. The molecule has 0 atom stereocenters. The molecule has 0 amide bonds. The maximum atomic E-state index is 13.5. The van der Waals surface area contributed by atoms with Crippen molar-refractivity contribution in [3.8, 4) is 23.1 Å². The van der Waals surface area contributed by atoms with Gasteiger partial charge in [0.15, 0.2) is 5.96 Å². The zero-order valence-electron chi connectivity index (χ0n) is 18.2. The molecule has 168 valence electrons. The topological polar surface area (TPSA) is 84.6 Å². The minimum absolute atomic E-state index is 0.321. The van der Waals surface area contributed by atoms with Gasteiger partial charge < -0.3 is 19.8 Å². The average Bonchev–Trinajstić information content (AvgIpc) is 3.31. The molecule has 7 nitrogen and oxygen atoms in total. The van der Waals surface area contributed by atoms with Crippen molar-refractivity contribution in [2.24, 2.45) is 4.99 Å². The monoisotopic (exact) mass is 445 g/mol. The van der Waals surface area contributed by atoms with Gasteiger partial charge in [-0.25, -0.2) is 19.4 Å². The maximum absolute atomic E-state index is 13.5. The molecule has 4 rings (SSSR count). The minimum atomic E-state index is -0.370. The van der Waals surface area contributed by atoms with Crippen LogP contribution < -0.4 is 15.4 Å². The van der Waals surface area contributed by atoms with Crippen molar-refractivity contribution in [1.29, 1.82) is 0 Å². The number of hydrogen-bond acceptors (Lipinski definition) is 5. The Kier molecular flexibility index (Phi) is 7.27. The van der Waals surface area contributed by atoms with Crippen molar-refractivity contribution in [2.45, 2.75) is 20.0 Å². The first-order valence-electron chi connectivity index (χ1n) is 10.6. The highest BCUT2D eigenvalue weighted by atomic mass is 19.1. The minimum Gasteiger partial charge on any atom is -0.444 e. The highest BCUT2D eigenvalue weighted by molar-refractivity contribution is 5.79. The molecule has 2 aromatic heterocycles. The van der Waals surface area contributed by atoms with Crippen molar-refractivity contribution < 1.29 is 13.5 Å². The summed E-state index contributed by atoms with van der Waals surface area (Å²) in [6.07, 6.45) is 3.26. The summed E-state index contributed by atoms with van der Waals surface area (Å²) in [4.78, 5) is 13.4. The lowest BCUT2D eigenvalue weighted by Gasteiger charge is -2.11. The van der Waals surface area contributed by atoms with Crippen LogP contribution in [0.2, 0.25) is 0 Å². The van der Waals surface area contributed by atoms with Gasteiger partial charge in [-0.15, -0.1) is 0 Å². The van der Waals surface area contributed by atoms with E-state index in [2.05, 4.69) is 25.6 Å². The second-order valence-electron chi connectivity index (χ2n) is 7.09. The van der Waals surface area contributed by atoms with Crippen molar-refractivity contribution in [3.05, 3.63) is 96.3 Å². The lowest BCUT2D eigenvalue weighted by atomic mass is 10.2. The number of pyridine rings is 1. The third kappa shape index (κ3) is 6.16. The fraction of sp³-hybridized carbons (Fsp3) is 0.160. The molecule has 0 unspecified atom stereocenters. The van der Waals surface area contributed by atoms with Crippen molar-refractivity contribution in [1.82, 2.24) is 20.6 Å². The molecule has 0 spiro atoms. The number of nitrogens with zero attached hydrogens (tertiary/aromatic N) is 3. The van der Waals surface area contributed by atoms with Crippen molar-refractivity contribution >= 4 is 5.96 Å². The number of nitrogens with one attached hydrogen (secondary N) is 2. The van der Waals surface area contributed by atoms with Crippen LogP contribution in [0.1, 0.15) is 18.2 Å². The second-order valence-corrected chi connectivity index (χ2v) is 7.09. The molecular formula is C25H24FN5O2. The Hall–Kier alpha value is -4.20. The molecule has 2 aromatic carbocycles. The molecule has 2 N–H and O–H groups in total. The largest absolute Gasteiger partial charge is 0.444 e. The molecule has 0 radical (unpaired) electrons. The van der Waals surface area contributed by atoms with Crippen molar-refractivity contribution in [3.63, 3.8) is 0 Å². The van der Waals surface area contributed by atoms with Crippen LogP contribution in [-0.4, -0.2) is 22.5 Å². The molecule has 0 bridgehead atoms. The van der Waals surface area contributed by atoms with Gasteiger partial charge in [0.25, 0.3) is 0 Å². The molecular weight excluding hydrogens is 421 g/mol. The van der Waals surface area contributed by atoms with E-state index in [1.165, 1.54) is 12.1 Å². The molecule has 0 saturated heterocycles. The zero-order chi connectivity index (χ0) is 22.9. The molecule has 4 aromatic rings. The first-order chi connectivity index (χ1) is 16.2. The fourth-order valence-electron chi connectivity index (χ4n) is 3.06. The lowest BCUT2D eigenvalue weighted by molar-refractivity contribution is 0.452. The predicted molar refractivity (Wildman–Crippen MR) is 124 cm³/mol. The molecule has 2 heterocycles. The number of guanidine groups is 1. The standard InChI is InChI=1S/C25H24FN5O2/c1-2-27-25(30-16-21-17-32-24(31-21)18-8-4-3-5-9-18)29-15-19-10-7-13-28-23(19)33-22-12-6-11-20(26)14-22/h3-14,17H,2,15-16H2,1H3,(H2,27,29,30). The molecule has 0 aliphatic rings. The predicted octanol–water partition coefficient (Wildman–Crippen LogP) is 4.92. The highest BCUT2D eigenvalue weighted by Gasteiger charge is 2.09. The normalized spacial score (nSPS) is 11.3. The zero-order valence-corrected chi connectivity index (χ0v) is 18.2. The van der Waals surface area contributed by atoms with Crippen LogP contribution in [0.5, 0.6) is 11.6 Å². The Morgan fingerprint density at radius 3 is 2.76 bits per heavy atom. The number of halogens is 1. The Labute approximate surface area is 191 Å². The van der Waals surface area contributed by atoms with E-state index >= 15 is 0 Å². The molecule has 0 saturated carbocycles. The van der Waals surface area contributed by atoms with Gasteiger partial charge in [-0.05, 0) is 37.3 Å². The van der Waals surface area contributed by atoms with Crippen LogP contribution >= 0.6 is 0 Å². The van der Waals surface area contributed by atoms with Gasteiger partial charge in [0.2, 0.25) is 11.8 Å².